The summed E-state index contributed by atoms with van der Waals surface area (Å²) in [4.78, 5) is 5.28. The highest BCUT2D eigenvalue weighted by atomic mass is 127. The number of hydrogen-bond acceptors (Lipinski definition) is 5. The van der Waals surface area contributed by atoms with Crippen LogP contribution < -0.4 is 10.6 Å². The van der Waals surface area contributed by atoms with Crippen molar-refractivity contribution in [2.24, 2.45) is 4.99 Å². The molecule has 162 valence electrons. The highest BCUT2D eigenvalue weighted by molar-refractivity contribution is 14.0. The van der Waals surface area contributed by atoms with Gasteiger partial charge in [0.15, 0.2) is 5.96 Å². The molecule has 0 radical (unpaired) electrons. The smallest absolute Gasteiger partial charge is 0.252 e. The lowest BCUT2D eigenvalue weighted by Gasteiger charge is -2.24. The molecular formula is C18H33IN4O3S2. The van der Waals surface area contributed by atoms with Crippen LogP contribution in [-0.4, -0.2) is 64.1 Å². The summed E-state index contributed by atoms with van der Waals surface area (Å²) in [5.74, 6) is 0.735. The lowest BCUT2D eigenvalue weighted by atomic mass is 10.0. The van der Waals surface area contributed by atoms with Gasteiger partial charge in [-0.1, -0.05) is 13.8 Å². The van der Waals surface area contributed by atoms with Gasteiger partial charge in [-0.2, -0.15) is 4.31 Å². The molecule has 0 saturated carbocycles. The maximum Gasteiger partial charge on any atom is 0.252 e. The number of nitrogens with one attached hydrogen (secondary N) is 2. The van der Waals surface area contributed by atoms with Crippen LogP contribution in [0.15, 0.2) is 21.3 Å². The van der Waals surface area contributed by atoms with E-state index in [-0.39, 0.29) is 29.6 Å². The summed E-state index contributed by atoms with van der Waals surface area (Å²) >= 11 is 1.34. The molecule has 2 N–H and O–H groups in total. The zero-order valence-corrected chi connectivity index (χ0v) is 21.1. The van der Waals surface area contributed by atoms with Gasteiger partial charge in [0.2, 0.25) is 0 Å². The van der Waals surface area contributed by atoms with Gasteiger partial charge in [-0.05, 0) is 38.3 Å². The van der Waals surface area contributed by atoms with Gasteiger partial charge < -0.3 is 15.4 Å². The number of guanidine groups is 1. The second-order valence-electron chi connectivity index (χ2n) is 6.81. The average molecular weight is 545 g/mol. The van der Waals surface area contributed by atoms with Crippen molar-refractivity contribution in [1.82, 2.24) is 14.9 Å². The number of ether oxygens (including phenoxy) is 1. The van der Waals surface area contributed by atoms with Crippen LogP contribution in [0.1, 0.15) is 38.5 Å². The van der Waals surface area contributed by atoms with E-state index in [1.807, 2.05) is 19.9 Å². The minimum Gasteiger partial charge on any atom is -0.373 e. The summed E-state index contributed by atoms with van der Waals surface area (Å²) in [5.41, 5.74) is -0.126. The number of aliphatic imine (C=N–C) groups is 1. The van der Waals surface area contributed by atoms with Crippen LogP contribution in [0.2, 0.25) is 0 Å². The Morgan fingerprint density at radius 3 is 2.61 bits per heavy atom. The number of hydrogen-bond donors (Lipinski definition) is 2. The SMILES string of the molecule is CCN(CC)S(=O)(=O)c1ccc(CCNC(=NC)NCC2(C)CCCO2)s1.I. The van der Waals surface area contributed by atoms with E-state index in [1.165, 1.54) is 15.6 Å². The van der Waals surface area contributed by atoms with Crippen molar-refractivity contribution in [3.8, 4) is 0 Å². The van der Waals surface area contributed by atoms with Crippen LogP contribution in [0.5, 0.6) is 0 Å². The molecule has 0 bridgehead atoms. The third-order valence-corrected chi connectivity index (χ3v) is 8.42. The van der Waals surface area contributed by atoms with E-state index in [2.05, 4.69) is 22.5 Å². The number of nitrogens with zero attached hydrogens (tertiary/aromatic N) is 2. The first-order chi connectivity index (χ1) is 12.8. The molecule has 0 aromatic carbocycles. The Morgan fingerprint density at radius 2 is 2.04 bits per heavy atom. The van der Waals surface area contributed by atoms with Crippen LogP contribution in [0, 0.1) is 0 Å². The molecule has 1 aliphatic heterocycles. The van der Waals surface area contributed by atoms with Crippen molar-refractivity contribution in [1.29, 1.82) is 0 Å². The third-order valence-electron chi connectivity index (χ3n) is 4.75. The Bertz CT molecular complexity index is 727. The van der Waals surface area contributed by atoms with Gasteiger partial charge in [-0.25, -0.2) is 8.42 Å². The standard InChI is InChI=1S/C18H32N4O3S2.HI/c1-5-22(6-2)27(23,24)16-9-8-15(26-16)10-12-20-17(19-4)21-14-18(3)11-7-13-25-18;/h8-9H,5-7,10-14H2,1-4H3,(H2,19,20,21);1H. The molecule has 1 atom stereocenters. The third kappa shape index (κ3) is 6.82. The Morgan fingerprint density at radius 1 is 1.32 bits per heavy atom. The van der Waals surface area contributed by atoms with Gasteiger partial charge in [0.1, 0.15) is 4.21 Å². The molecule has 0 aliphatic carbocycles. The largest absolute Gasteiger partial charge is 0.373 e. The van der Waals surface area contributed by atoms with Gasteiger partial charge in [-0.3, -0.25) is 4.99 Å². The topological polar surface area (TPSA) is 83.0 Å². The molecule has 1 aliphatic rings. The fourth-order valence-electron chi connectivity index (χ4n) is 3.09. The summed E-state index contributed by atoms with van der Waals surface area (Å²) in [6.07, 6.45) is 2.89. The summed E-state index contributed by atoms with van der Waals surface area (Å²) in [6.45, 7) is 9.02. The van der Waals surface area contributed by atoms with E-state index >= 15 is 0 Å². The molecule has 0 spiro atoms. The number of rotatable bonds is 9. The lowest BCUT2D eigenvalue weighted by molar-refractivity contribution is 0.0243. The normalized spacial score (nSPS) is 20.2. The quantitative estimate of drug-likeness (QED) is 0.284. The first-order valence-electron chi connectivity index (χ1n) is 9.52. The predicted octanol–water partition coefficient (Wildman–Crippen LogP) is 2.67. The second-order valence-corrected chi connectivity index (χ2v) is 10.1. The van der Waals surface area contributed by atoms with Crippen molar-refractivity contribution in [2.45, 2.75) is 49.8 Å². The van der Waals surface area contributed by atoms with Crippen LogP contribution in [0.3, 0.4) is 0 Å². The van der Waals surface area contributed by atoms with E-state index in [0.29, 0.717) is 23.8 Å². The number of sulfonamides is 1. The molecule has 0 amide bonds. The Labute approximate surface area is 190 Å². The number of thiophene rings is 1. The molecule has 10 heteroatoms. The molecular weight excluding hydrogens is 511 g/mol. The van der Waals surface area contributed by atoms with Gasteiger partial charge in [0, 0.05) is 44.7 Å². The van der Waals surface area contributed by atoms with Crippen molar-refractivity contribution in [3.63, 3.8) is 0 Å². The Hall–Kier alpha value is -0.430. The summed E-state index contributed by atoms with van der Waals surface area (Å²) < 4.78 is 32.8. The van der Waals surface area contributed by atoms with Crippen molar-refractivity contribution < 1.29 is 13.2 Å². The summed E-state index contributed by atoms with van der Waals surface area (Å²) in [6, 6.07) is 3.60. The zero-order chi connectivity index (χ0) is 19.9. The molecule has 28 heavy (non-hydrogen) atoms. The second kappa shape index (κ2) is 11.7. The first kappa shape index (κ1) is 25.6. The first-order valence-corrected chi connectivity index (χ1v) is 11.8. The Kier molecular flexibility index (Phi) is 10.7. The zero-order valence-electron chi connectivity index (χ0n) is 17.2. The molecule has 2 rings (SSSR count). The molecule has 1 fully saturated rings. The van der Waals surface area contributed by atoms with Crippen molar-refractivity contribution in [3.05, 3.63) is 17.0 Å². The molecule has 7 nitrogen and oxygen atoms in total. The van der Waals surface area contributed by atoms with Crippen LogP contribution in [0.25, 0.3) is 0 Å². The van der Waals surface area contributed by atoms with E-state index in [4.69, 9.17) is 4.74 Å². The highest BCUT2D eigenvalue weighted by Gasteiger charge is 2.29. The van der Waals surface area contributed by atoms with Gasteiger partial charge in [0.25, 0.3) is 10.0 Å². The van der Waals surface area contributed by atoms with E-state index in [9.17, 15) is 8.42 Å². The molecule has 1 saturated heterocycles. The fourth-order valence-corrected chi connectivity index (χ4v) is 6.06. The maximum atomic E-state index is 12.6. The van der Waals surface area contributed by atoms with Crippen molar-refractivity contribution in [2.75, 3.05) is 39.8 Å². The van der Waals surface area contributed by atoms with Gasteiger partial charge in [-0.15, -0.1) is 35.3 Å². The van der Waals surface area contributed by atoms with E-state index < -0.39 is 10.0 Å². The van der Waals surface area contributed by atoms with Gasteiger partial charge in [0.05, 0.1) is 5.60 Å². The van der Waals surface area contributed by atoms with E-state index in [1.54, 1.807) is 13.1 Å². The van der Waals surface area contributed by atoms with Crippen LogP contribution in [-0.2, 0) is 21.2 Å². The number of halogens is 1. The summed E-state index contributed by atoms with van der Waals surface area (Å²) in [7, 11) is -1.63. The molecule has 1 unspecified atom stereocenters. The molecule has 1 aromatic heterocycles. The average Bonchev–Trinajstić information content (AvgIpc) is 3.29. The lowest BCUT2D eigenvalue weighted by Crippen LogP contribution is -2.45. The van der Waals surface area contributed by atoms with Crippen molar-refractivity contribution >= 4 is 51.3 Å². The highest BCUT2D eigenvalue weighted by Crippen LogP contribution is 2.25. The fraction of sp³-hybridized carbons (Fsp3) is 0.722. The van der Waals surface area contributed by atoms with E-state index in [0.717, 1.165) is 43.3 Å². The Balaban J connectivity index is 0.00000392. The van der Waals surface area contributed by atoms with Crippen LogP contribution >= 0.6 is 35.3 Å². The monoisotopic (exact) mass is 544 g/mol. The molecule has 2 heterocycles. The van der Waals surface area contributed by atoms with Crippen LogP contribution in [0.4, 0.5) is 0 Å². The van der Waals surface area contributed by atoms with Gasteiger partial charge >= 0.3 is 0 Å². The molecule has 1 aromatic rings. The maximum absolute atomic E-state index is 12.6. The minimum absolute atomic E-state index is 0. The minimum atomic E-state index is -3.37. The predicted molar refractivity (Wildman–Crippen MR) is 127 cm³/mol. The summed E-state index contributed by atoms with van der Waals surface area (Å²) in [5, 5.41) is 6.59.